The van der Waals surface area contributed by atoms with Gasteiger partial charge in [0.15, 0.2) is 5.69 Å². The van der Waals surface area contributed by atoms with E-state index in [9.17, 15) is 0 Å². The Morgan fingerprint density at radius 1 is 1.38 bits per heavy atom. The minimum atomic E-state index is 0.00781. The molecule has 1 aliphatic rings. The fourth-order valence-electron chi connectivity index (χ4n) is 2.37. The van der Waals surface area contributed by atoms with Crippen LogP contribution in [0, 0.1) is 11.3 Å². The highest BCUT2D eigenvalue weighted by molar-refractivity contribution is 5.41. The molecule has 8 nitrogen and oxygen atoms in total. The number of nitrogens with zero attached hydrogens (tertiary/aromatic N) is 7. The van der Waals surface area contributed by atoms with E-state index in [2.05, 4.69) is 25.0 Å². The number of rotatable bonds is 3. The number of hydrogen-bond acceptors (Lipinski definition) is 8. The molecule has 1 aliphatic heterocycles. The summed E-state index contributed by atoms with van der Waals surface area (Å²) in [5.74, 6) is 1.87. The van der Waals surface area contributed by atoms with Crippen molar-refractivity contribution >= 4 is 11.8 Å². The Kier molecular flexibility index (Phi) is 3.39. The lowest BCUT2D eigenvalue weighted by atomic mass is 10.2. The first-order valence-corrected chi connectivity index (χ1v) is 6.69. The van der Waals surface area contributed by atoms with E-state index in [1.54, 1.807) is 11.1 Å². The summed E-state index contributed by atoms with van der Waals surface area (Å²) in [6, 6.07) is 1.97. The van der Waals surface area contributed by atoms with Gasteiger partial charge in [-0.3, -0.25) is 0 Å². The number of anilines is 2. The summed E-state index contributed by atoms with van der Waals surface area (Å²) in [4.78, 5) is 16.6. The molecule has 3 heterocycles. The van der Waals surface area contributed by atoms with E-state index in [1.165, 1.54) is 6.20 Å². The van der Waals surface area contributed by atoms with Gasteiger partial charge in [0.1, 0.15) is 17.9 Å². The summed E-state index contributed by atoms with van der Waals surface area (Å²) in [5, 5.41) is 12.7. The molecule has 0 aromatic carbocycles. The van der Waals surface area contributed by atoms with Gasteiger partial charge < -0.3 is 14.3 Å². The first-order valence-electron chi connectivity index (χ1n) is 6.69. The summed E-state index contributed by atoms with van der Waals surface area (Å²) in [6.45, 7) is 0.852. The van der Waals surface area contributed by atoms with Gasteiger partial charge in [0.25, 0.3) is 11.8 Å². The Morgan fingerprint density at radius 2 is 2.24 bits per heavy atom. The topological polar surface area (TPSA) is 95.0 Å². The molecule has 0 saturated carbocycles. The monoisotopic (exact) mass is 285 g/mol. The normalized spacial score (nSPS) is 17.8. The van der Waals surface area contributed by atoms with Crippen molar-refractivity contribution in [2.75, 3.05) is 30.4 Å². The molecule has 0 aliphatic carbocycles. The third-order valence-electron chi connectivity index (χ3n) is 3.42. The Hall–Kier alpha value is -2.69. The summed E-state index contributed by atoms with van der Waals surface area (Å²) < 4.78 is 5.36. The molecule has 0 radical (unpaired) electrons. The van der Waals surface area contributed by atoms with Crippen LogP contribution in [0.3, 0.4) is 0 Å². The summed E-state index contributed by atoms with van der Waals surface area (Å²) in [6.07, 6.45) is 5.03. The Morgan fingerprint density at radius 3 is 2.86 bits per heavy atom. The highest BCUT2D eigenvalue weighted by Crippen LogP contribution is 2.34. The Bertz CT molecular complexity index is 658. The van der Waals surface area contributed by atoms with Crippen LogP contribution in [0.25, 0.3) is 0 Å². The van der Waals surface area contributed by atoms with E-state index in [0.717, 1.165) is 25.2 Å². The van der Waals surface area contributed by atoms with Gasteiger partial charge in [-0.1, -0.05) is 0 Å². The zero-order valence-corrected chi connectivity index (χ0v) is 11.9. The quantitative estimate of drug-likeness (QED) is 0.828. The van der Waals surface area contributed by atoms with Crippen molar-refractivity contribution in [1.82, 2.24) is 20.1 Å². The third kappa shape index (κ3) is 2.50. The van der Waals surface area contributed by atoms with E-state index in [4.69, 9.17) is 9.78 Å². The first kappa shape index (κ1) is 13.3. The average Bonchev–Trinajstić information content (AvgIpc) is 3.16. The SMILES string of the molecule is CN(C)c1noc([C@@H]2CCCN2c2cnc(C#N)cn2)n1. The minimum Gasteiger partial charge on any atom is -0.344 e. The van der Waals surface area contributed by atoms with Gasteiger partial charge in [-0.15, -0.1) is 0 Å². The van der Waals surface area contributed by atoms with Crippen LogP contribution in [-0.2, 0) is 0 Å². The van der Waals surface area contributed by atoms with E-state index in [1.807, 2.05) is 20.2 Å². The first-order chi connectivity index (χ1) is 10.2. The molecule has 1 fully saturated rings. The molecule has 1 atom stereocenters. The lowest BCUT2D eigenvalue weighted by Crippen LogP contribution is -2.24. The van der Waals surface area contributed by atoms with Gasteiger partial charge in [-0.05, 0) is 18.0 Å². The number of aromatic nitrogens is 4. The highest BCUT2D eigenvalue weighted by atomic mass is 16.5. The van der Waals surface area contributed by atoms with Gasteiger partial charge in [0.05, 0.1) is 12.4 Å². The van der Waals surface area contributed by atoms with Crippen LogP contribution in [0.1, 0.15) is 30.5 Å². The van der Waals surface area contributed by atoms with Gasteiger partial charge in [-0.2, -0.15) is 10.2 Å². The number of nitriles is 1. The average molecular weight is 285 g/mol. The molecule has 21 heavy (non-hydrogen) atoms. The zero-order valence-electron chi connectivity index (χ0n) is 11.9. The fourth-order valence-corrected chi connectivity index (χ4v) is 2.37. The van der Waals surface area contributed by atoms with Crippen LogP contribution in [0.5, 0.6) is 0 Å². The van der Waals surface area contributed by atoms with Crippen LogP contribution in [0.15, 0.2) is 16.9 Å². The van der Waals surface area contributed by atoms with E-state index in [-0.39, 0.29) is 6.04 Å². The molecular weight excluding hydrogens is 270 g/mol. The molecule has 2 aromatic rings. The maximum absolute atomic E-state index is 8.77. The molecule has 8 heteroatoms. The smallest absolute Gasteiger partial charge is 0.265 e. The van der Waals surface area contributed by atoms with Crippen LogP contribution < -0.4 is 9.80 Å². The maximum atomic E-state index is 8.77. The Labute approximate surface area is 122 Å². The summed E-state index contributed by atoms with van der Waals surface area (Å²) in [5.41, 5.74) is 0.308. The standard InChI is InChI=1S/C13H15N7O/c1-19(2)13-17-12(21-18-13)10-4-3-5-20(10)11-8-15-9(6-14)7-16-11/h7-8,10H,3-5H2,1-2H3/t10-/m0/s1. The lowest BCUT2D eigenvalue weighted by Gasteiger charge is -2.22. The largest absolute Gasteiger partial charge is 0.344 e. The third-order valence-corrected chi connectivity index (χ3v) is 3.42. The Balaban J connectivity index is 1.85. The van der Waals surface area contributed by atoms with E-state index >= 15 is 0 Å². The predicted octanol–water partition coefficient (Wildman–Crippen LogP) is 1.14. The zero-order chi connectivity index (χ0) is 14.8. The summed E-state index contributed by atoms with van der Waals surface area (Å²) in [7, 11) is 3.74. The molecule has 2 aromatic heterocycles. The van der Waals surface area contributed by atoms with Crippen molar-refractivity contribution in [3.05, 3.63) is 24.0 Å². The van der Waals surface area contributed by atoms with Crippen LogP contribution in [0.2, 0.25) is 0 Å². The molecule has 0 N–H and O–H groups in total. The minimum absolute atomic E-state index is 0.00781. The molecule has 108 valence electrons. The maximum Gasteiger partial charge on any atom is 0.265 e. The van der Waals surface area contributed by atoms with Crippen LogP contribution >= 0.6 is 0 Å². The van der Waals surface area contributed by atoms with Crippen molar-refractivity contribution in [3.8, 4) is 6.07 Å². The van der Waals surface area contributed by atoms with Gasteiger partial charge in [0.2, 0.25) is 0 Å². The fraction of sp³-hybridized carbons (Fsp3) is 0.462. The van der Waals surface area contributed by atoms with Crippen molar-refractivity contribution in [2.24, 2.45) is 0 Å². The summed E-state index contributed by atoms with van der Waals surface area (Å²) >= 11 is 0. The van der Waals surface area contributed by atoms with Gasteiger partial charge in [0, 0.05) is 20.6 Å². The van der Waals surface area contributed by atoms with Crippen molar-refractivity contribution in [3.63, 3.8) is 0 Å². The molecular formula is C13H15N7O. The van der Waals surface area contributed by atoms with E-state index in [0.29, 0.717) is 17.5 Å². The second-order valence-electron chi connectivity index (χ2n) is 5.05. The molecule has 0 amide bonds. The van der Waals surface area contributed by atoms with Crippen molar-refractivity contribution < 1.29 is 4.52 Å². The van der Waals surface area contributed by atoms with Gasteiger partial charge in [-0.25, -0.2) is 9.97 Å². The van der Waals surface area contributed by atoms with Crippen molar-refractivity contribution in [2.45, 2.75) is 18.9 Å². The van der Waals surface area contributed by atoms with E-state index < -0.39 is 0 Å². The molecule has 0 unspecified atom stereocenters. The molecule has 0 spiro atoms. The molecule has 0 bridgehead atoms. The van der Waals surface area contributed by atoms with Crippen molar-refractivity contribution in [1.29, 1.82) is 5.26 Å². The lowest BCUT2D eigenvalue weighted by molar-refractivity contribution is 0.354. The van der Waals surface area contributed by atoms with Crippen LogP contribution in [-0.4, -0.2) is 40.7 Å². The second kappa shape index (κ2) is 5.36. The van der Waals surface area contributed by atoms with Gasteiger partial charge >= 0.3 is 0 Å². The van der Waals surface area contributed by atoms with Crippen LogP contribution in [0.4, 0.5) is 11.8 Å². The highest BCUT2D eigenvalue weighted by Gasteiger charge is 2.32. The second-order valence-corrected chi connectivity index (χ2v) is 5.05. The number of hydrogen-bond donors (Lipinski definition) is 0. The molecule has 3 rings (SSSR count). The molecule has 1 saturated heterocycles. The predicted molar refractivity (Wildman–Crippen MR) is 74.7 cm³/mol.